The van der Waals surface area contributed by atoms with Gasteiger partial charge in [0.25, 0.3) is 5.91 Å². The molecule has 7 nitrogen and oxygen atoms in total. The number of anilines is 3. The van der Waals surface area contributed by atoms with Gasteiger partial charge in [0.2, 0.25) is 10.0 Å². The number of rotatable bonds is 4. The standard InChI is InChI=1S/C18H22N4O3S/c1-21(2)17-15(7-4-10-19-17)18(23)20-14-9-8-13-6-5-11-22(16(13)12-14)26(3,24)25/h4,7-10,12H,5-6,11H2,1-3H3,(H,20,23). The second kappa shape index (κ2) is 6.95. The fourth-order valence-electron chi connectivity index (χ4n) is 3.09. The van der Waals surface area contributed by atoms with Gasteiger partial charge >= 0.3 is 0 Å². The predicted octanol–water partition coefficient (Wildman–Crippen LogP) is 2.11. The third kappa shape index (κ3) is 3.65. The zero-order valence-corrected chi connectivity index (χ0v) is 15.9. The van der Waals surface area contributed by atoms with E-state index in [1.807, 2.05) is 20.2 Å². The molecular formula is C18H22N4O3S. The van der Waals surface area contributed by atoms with Gasteiger partial charge in [-0.25, -0.2) is 13.4 Å². The molecule has 0 saturated heterocycles. The Morgan fingerprint density at radius 3 is 2.73 bits per heavy atom. The minimum atomic E-state index is -3.35. The van der Waals surface area contributed by atoms with Gasteiger partial charge < -0.3 is 10.2 Å². The molecule has 3 rings (SSSR count). The first-order valence-electron chi connectivity index (χ1n) is 8.31. The molecule has 2 aromatic rings. The number of aromatic nitrogens is 1. The molecule has 2 heterocycles. The quantitative estimate of drug-likeness (QED) is 0.886. The predicted molar refractivity (Wildman–Crippen MR) is 103 cm³/mol. The molecule has 0 unspecified atom stereocenters. The van der Waals surface area contributed by atoms with Gasteiger partial charge in [-0.05, 0) is 42.7 Å². The van der Waals surface area contributed by atoms with Crippen LogP contribution in [-0.4, -0.2) is 46.2 Å². The monoisotopic (exact) mass is 374 g/mol. The largest absolute Gasteiger partial charge is 0.362 e. The molecule has 0 fully saturated rings. The normalized spacial score (nSPS) is 13.9. The van der Waals surface area contributed by atoms with Gasteiger partial charge in [0, 0.05) is 32.5 Å². The second-order valence-electron chi connectivity index (χ2n) is 6.51. The highest BCUT2D eigenvalue weighted by Gasteiger charge is 2.24. The van der Waals surface area contributed by atoms with Crippen molar-refractivity contribution in [1.29, 1.82) is 0 Å². The molecular weight excluding hydrogens is 352 g/mol. The van der Waals surface area contributed by atoms with Crippen molar-refractivity contribution in [3.8, 4) is 0 Å². The Morgan fingerprint density at radius 2 is 2.04 bits per heavy atom. The summed E-state index contributed by atoms with van der Waals surface area (Å²) in [5.74, 6) is 0.282. The average molecular weight is 374 g/mol. The van der Waals surface area contributed by atoms with Crippen LogP contribution in [0.4, 0.5) is 17.2 Å². The smallest absolute Gasteiger partial charge is 0.259 e. The lowest BCUT2D eigenvalue weighted by atomic mass is 10.0. The molecule has 1 aromatic heterocycles. The molecule has 0 aliphatic carbocycles. The van der Waals surface area contributed by atoms with E-state index in [1.165, 1.54) is 10.6 Å². The number of nitrogens with one attached hydrogen (secondary N) is 1. The molecule has 1 aromatic carbocycles. The summed E-state index contributed by atoms with van der Waals surface area (Å²) in [4.78, 5) is 18.7. The minimum absolute atomic E-state index is 0.288. The summed E-state index contributed by atoms with van der Waals surface area (Å²) >= 11 is 0. The number of fused-ring (bicyclic) bond motifs is 1. The lowest BCUT2D eigenvalue weighted by molar-refractivity contribution is 0.102. The van der Waals surface area contributed by atoms with E-state index >= 15 is 0 Å². The molecule has 26 heavy (non-hydrogen) atoms. The lowest BCUT2D eigenvalue weighted by Crippen LogP contribution is -2.34. The average Bonchev–Trinajstić information content (AvgIpc) is 2.60. The van der Waals surface area contributed by atoms with Gasteiger partial charge in [0.05, 0.1) is 17.5 Å². The van der Waals surface area contributed by atoms with Crippen LogP contribution in [-0.2, 0) is 16.4 Å². The molecule has 0 bridgehead atoms. The van der Waals surface area contributed by atoms with Crippen molar-refractivity contribution in [1.82, 2.24) is 4.98 Å². The Hall–Kier alpha value is -2.61. The van der Waals surface area contributed by atoms with Gasteiger partial charge in [0.1, 0.15) is 5.82 Å². The fourth-order valence-corrected chi connectivity index (χ4v) is 4.08. The van der Waals surface area contributed by atoms with E-state index in [9.17, 15) is 13.2 Å². The Labute approximate surface area is 153 Å². The number of carbonyl (C=O) groups excluding carboxylic acids is 1. The highest BCUT2D eigenvalue weighted by molar-refractivity contribution is 7.92. The summed E-state index contributed by atoms with van der Waals surface area (Å²) in [6.45, 7) is 0.455. The molecule has 0 radical (unpaired) electrons. The number of hydrogen-bond acceptors (Lipinski definition) is 5. The highest BCUT2D eigenvalue weighted by Crippen LogP contribution is 2.32. The maximum atomic E-state index is 12.7. The molecule has 138 valence electrons. The zero-order valence-electron chi connectivity index (χ0n) is 15.1. The minimum Gasteiger partial charge on any atom is -0.362 e. The van der Waals surface area contributed by atoms with E-state index in [0.717, 1.165) is 18.4 Å². The molecule has 8 heteroatoms. The second-order valence-corrected chi connectivity index (χ2v) is 8.41. The van der Waals surface area contributed by atoms with Crippen molar-refractivity contribution >= 4 is 33.1 Å². The number of pyridine rings is 1. The molecule has 1 aliphatic heterocycles. The molecule has 0 spiro atoms. The number of nitrogens with zero attached hydrogens (tertiary/aromatic N) is 3. The van der Waals surface area contributed by atoms with E-state index in [4.69, 9.17) is 0 Å². The van der Waals surface area contributed by atoms with Crippen molar-refractivity contribution in [2.75, 3.05) is 41.4 Å². The lowest BCUT2D eigenvalue weighted by Gasteiger charge is -2.29. The maximum Gasteiger partial charge on any atom is 0.259 e. The van der Waals surface area contributed by atoms with Crippen LogP contribution in [0.15, 0.2) is 36.5 Å². The SMILES string of the molecule is CN(C)c1ncccc1C(=O)Nc1ccc2c(c1)N(S(C)(=O)=O)CCC2. The summed E-state index contributed by atoms with van der Waals surface area (Å²) < 4.78 is 25.5. The zero-order chi connectivity index (χ0) is 18.9. The van der Waals surface area contributed by atoms with Crippen LogP contribution in [0.5, 0.6) is 0 Å². The summed E-state index contributed by atoms with van der Waals surface area (Å²) in [5, 5.41) is 2.85. The van der Waals surface area contributed by atoms with E-state index in [-0.39, 0.29) is 5.91 Å². The third-order valence-electron chi connectivity index (χ3n) is 4.27. The van der Waals surface area contributed by atoms with Crippen molar-refractivity contribution in [2.45, 2.75) is 12.8 Å². The molecule has 0 atom stereocenters. The van der Waals surface area contributed by atoms with E-state index in [1.54, 1.807) is 35.4 Å². The van der Waals surface area contributed by atoms with Gasteiger partial charge in [-0.1, -0.05) is 6.07 Å². The molecule has 0 saturated carbocycles. The summed E-state index contributed by atoms with van der Waals surface area (Å²) in [7, 11) is 0.292. The van der Waals surface area contributed by atoms with Gasteiger partial charge in [-0.2, -0.15) is 0 Å². The Balaban J connectivity index is 1.91. The Morgan fingerprint density at radius 1 is 1.27 bits per heavy atom. The Kier molecular flexibility index (Phi) is 4.86. The van der Waals surface area contributed by atoms with Crippen molar-refractivity contribution < 1.29 is 13.2 Å². The Bertz CT molecular complexity index is 941. The molecule has 1 N–H and O–H groups in total. The highest BCUT2D eigenvalue weighted by atomic mass is 32.2. The number of benzene rings is 1. The number of hydrogen-bond donors (Lipinski definition) is 1. The topological polar surface area (TPSA) is 82.6 Å². The number of aryl methyl sites for hydroxylation is 1. The fraction of sp³-hybridized carbons (Fsp3) is 0.333. The van der Waals surface area contributed by atoms with Crippen LogP contribution < -0.4 is 14.5 Å². The van der Waals surface area contributed by atoms with E-state index in [0.29, 0.717) is 29.3 Å². The number of carbonyl (C=O) groups is 1. The number of amides is 1. The molecule has 1 aliphatic rings. The van der Waals surface area contributed by atoms with Crippen LogP contribution in [0, 0.1) is 0 Å². The van der Waals surface area contributed by atoms with Crippen molar-refractivity contribution in [2.24, 2.45) is 0 Å². The summed E-state index contributed by atoms with van der Waals surface area (Å²) in [5.41, 5.74) is 2.61. The van der Waals surface area contributed by atoms with Crippen LogP contribution in [0.3, 0.4) is 0 Å². The van der Waals surface area contributed by atoms with Gasteiger partial charge in [-0.3, -0.25) is 9.10 Å². The first-order valence-corrected chi connectivity index (χ1v) is 10.2. The first-order chi connectivity index (χ1) is 12.3. The van der Waals surface area contributed by atoms with Crippen molar-refractivity contribution in [3.63, 3.8) is 0 Å². The van der Waals surface area contributed by atoms with Crippen LogP contribution >= 0.6 is 0 Å². The molecule has 1 amide bonds. The van der Waals surface area contributed by atoms with Crippen LogP contribution in [0.25, 0.3) is 0 Å². The van der Waals surface area contributed by atoms with Gasteiger partial charge in [0.15, 0.2) is 0 Å². The van der Waals surface area contributed by atoms with Crippen LogP contribution in [0.2, 0.25) is 0 Å². The van der Waals surface area contributed by atoms with Gasteiger partial charge in [-0.15, -0.1) is 0 Å². The van der Waals surface area contributed by atoms with E-state index < -0.39 is 10.0 Å². The van der Waals surface area contributed by atoms with E-state index in [2.05, 4.69) is 10.3 Å². The first kappa shape index (κ1) is 18.2. The maximum absolute atomic E-state index is 12.7. The third-order valence-corrected chi connectivity index (χ3v) is 5.45. The summed E-state index contributed by atoms with van der Waals surface area (Å²) in [6, 6.07) is 8.81. The van der Waals surface area contributed by atoms with Crippen LogP contribution in [0.1, 0.15) is 22.3 Å². The summed E-state index contributed by atoms with van der Waals surface area (Å²) in [6.07, 6.45) is 4.44. The number of sulfonamides is 1. The van der Waals surface area contributed by atoms with Crippen molar-refractivity contribution in [3.05, 3.63) is 47.7 Å².